The maximum absolute atomic E-state index is 11.3. The molecule has 0 aromatic rings. The number of ether oxygens (including phenoxy) is 4. The highest BCUT2D eigenvalue weighted by atomic mass is 16.5. The summed E-state index contributed by atoms with van der Waals surface area (Å²) < 4.78 is 20.8. The van der Waals surface area contributed by atoms with E-state index in [1.807, 2.05) is 6.92 Å². The minimum atomic E-state index is -0.773. The number of hydrogen-bond acceptors (Lipinski definition) is 10. The summed E-state index contributed by atoms with van der Waals surface area (Å²) in [6, 6.07) is 0. The third kappa shape index (κ3) is 21.4. The van der Waals surface area contributed by atoms with Crippen LogP contribution in [0.25, 0.3) is 0 Å². The summed E-state index contributed by atoms with van der Waals surface area (Å²) in [7, 11) is 1.00. The van der Waals surface area contributed by atoms with Gasteiger partial charge in [0, 0.05) is 50.4 Å². The van der Waals surface area contributed by atoms with Crippen LogP contribution in [0.4, 0.5) is 0 Å². The fraction of sp³-hybridized carbons (Fsp3) is 0.727. The zero-order valence-corrected chi connectivity index (χ0v) is 20.0. The molecule has 0 bridgehead atoms. The second-order valence-electron chi connectivity index (χ2n) is 7.15. The van der Waals surface area contributed by atoms with Crippen LogP contribution in [0.3, 0.4) is 0 Å². The van der Waals surface area contributed by atoms with Crippen LogP contribution in [0.15, 0.2) is 24.3 Å². The van der Waals surface area contributed by atoms with Crippen LogP contribution in [0.1, 0.15) is 20.8 Å². The van der Waals surface area contributed by atoms with Gasteiger partial charge < -0.3 is 39.8 Å². The summed E-state index contributed by atoms with van der Waals surface area (Å²) in [6.45, 7) is 16.8. The predicted octanol–water partition coefficient (Wildman–Crippen LogP) is 0.0429. The Bertz CT molecular complexity index is 482. The van der Waals surface area contributed by atoms with E-state index in [1.54, 1.807) is 13.8 Å². The first-order valence-corrected chi connectivity index (χ1v) is 10.6. The van der Waals surface area contributed by atoms with E-state index in [0.29, 0.717) is 63.8 Å². The molecule has 10 heteroatoms. The second kappa shape index (κ2) is 22.4. The van der Waals surface area contributed by atoms with Crippen molar-refractivity contribution in [3.05, 3.63) is 24.3 Å². The van der Waals surface area contributed by atoms with Crippen molar-refractivity contribution in [1.82, 2.24) is 10.6 Å². The minimum Gasteiger partial charge on any atom is -0.462 e. The minimum absolute atomic E-state index is 0.0696. The highest BCUT2D eigenvalue weighted by molar-refractivity contribution is 5.87. The Morgan fingerprint density at radius 3 is 1.72 bits per heavy atom. The molecule has 0 saturated carbocycles. The summed E-state index contributed by atoms with van der Waals surface area (Å²) in [5.74, 6) is -0.660. The normalized spacial score (nSPS) is 12.2. The number of rotatable bonds is 19. The first-order chi connectivity index (χ1) is 15.2. The van der Waals surface area contributed by atoms with E-state index in [4.69, 9.17) is 24.1 Å². The predicted molar refractivity (Wildman–Crippen MR) is 122 cm³/mol. The number of aliphatic hydroxyl groups excluding tert-OH is 2. The van der Waals surface area contributed by atoms with Gasteiger partial charge in [-0.1, -0.05) is 20.1 Å². The summed E-state index contributed by atoms with van der Waals surface area (Å²) in [5.41, 5.74) is 0.707. The highest BCUT2D eigenvalue weighted by Crippen LogP contribution is 1.98. The van der Waals surface area contributed by atoms with Crippen LogP contribution < -0.4 is 10.6 Å². The lowest BCUT2D eigenvalue weighted by molar-refractivity contribution is -0.142. The molecular weight excluding hydrogens is 420 g/mol. The van der Waals surface area contributed by atoms with E-state index in [9.17, 15) is 14.7 Å². The zero-order chi connectivity index (χ0) is 24.8. The maximum Gasteiger partial charge on any atom is 0.333 e. The van der Waals surface area contributed by atoms with Gasteiger partial charge in [-0.15, -0.1) is 0 Å². The van der Waals surface area contributed by atoms with Gasteiger partial charge in [-0.25, -0.2) is 9.59 Å². The van der Waals surface area contributed by atoms with Crippen molar-refractivity contribution in [3.63, 3.8) is 0 Å². The fourth-order valence-corrected chi connectivity index (χ4v) is 1.98. The Morgan fingerprint density at radius 2 is 1.25 bits per heavy atom. The molecule has 0 radical (unpaired) electrons. The summed E-state index contributed by atoms with van der Waals surface area (Å²) >= 11 is 0. The number of nitrogens with one attached hydrogen (secondary N) is 2. The van der Waals surface area contributed by atoms with E-state index in [0.717, 1.165) is 13.7 Å². The van der Waals surface area contributed by atoms with E-state index in [1.165, 1.54) is 0 Å². The van der Waals surface area contributed by atoms with Crippen molar-refractivity contribution in [1.29, 1.82) is 0 Å². The molecule has 10 nitrogen and oxygen atoms in total. The first kappa shape index (κ1) is 32.4. The van der Waals surface area contributed by atoms with E-state index in [2.05, 4.69) is 23.8 Å². The van der Waals surface area contributed by atoms with Crippen LogP contribution >= 0.6 is 0 Å². The van der Waals surface area contributed by atoms with Crippen molar-refractivity contribution >= 4 is 11.9 Å². The van der Waals surface area contributed by atoms with Gasteiger partial charge >= 0.3 is 11.9 Å². The standard InChI is InChI=1S/C21H38N2O7.CH4O/c1-16(2)20(25)29-14-18(5)12-22-6-8-27-10-11-28-9-7-23-13-19(24)15-30-21(26)17(3)4;1-2/h18-19,22-24H,1,3,6-15H2,2,4-5H3;2H,1H3. The van der Waals surface area contributed by atoms with Gasteiger partial charge in [0.25, 0.3) is 0 Å². The average molecular weight is 463 g/mol. The molecule has 0 saturated heterocycles. The topological polar surface area (TPSA) is 136 Å². The van der Waals surface area contributed by atoms with E-state index < -0.39 is 12.1 Å². The van der Waals surface area contributed by atoms with Gasteiger partial charge in [0.05, 0.1) is 33.0 Å². The van der Waals surface area contributed by atoms with Crippen molar-refractivity contribution < 1.29 is 38.7 Å². The van der Waals surface area contributed by atoms with Gasteiger partial charge in [-0.3, -0.25) is 0 Å². The smallest absolute Gasteiger partial charge is 0.333 e. The number of hydrogen-bond donors (Lipinski definition) is 4. The molecule has 0 aromatic heterocycles. The quantitative estimate of drug-likeness (QED) is 0.118. The Kier molecular flexibility index (Phi) is 22.6. The Morgan fingerprint density at radius 1 is 0.812 bits per heavy atom. The molecule has 2 unspecified atom stereocenters. The average Bonchev–Trinajstić information content (AvgIpc) is 2.77. The largest absolute Gasteiger partial charge is 0.462 e. The van der Waals surface area contributed by atoms with Gasteiger partial charge in [0.15, 0.2) is 0 Å². The Balaban J connectivity index is 0. The second-order valence-corrected chi connectivity index (χ2v) is 7.15. The third-order valence-electron chi connectivity index (χ3n) is 3.69. The summed E-state index contributed by atoms with van der Waals surface area (Å²) in [5, 5.41) is 22.9. The molecule has 2 atom stereocenters. The lowest BCUT2D eigenvalue weighted by Crippen LogP contribution is -2.33. The van der Waals surface area contributed by atoms with Gasteiger partial charge in [0.1, 0.15) is 12.7 Å². The SMILES string of the molecule is C=C(C)C(=O)OCC(C)CNCCOCCOCCNCC(O)COC(=O)C(=C)C.CO. The van der Waals surface area contributed by atoms with Crippen LogP contribution in [-0.4, -0.2) is 101 Å². The molecule has 188 valence electrons. The fourth-order valence-electron chi connectivity index (χ4n) is 1.98. The number of aliphatic hydroxyl groups is 2. The molecule has 0 heterocycles. The third-order valence-corrected chi connectivity index (χ3v) is 3.69. The molecule has 32 heavy (non-hydrogen) atoms. The van der Waals surface area contributed by atoms with Crippen molar-refractivity contribution in [2.45, 2.75) is 26.9 Å². The highest BCUT2D eigenvalue weighted by Gasteiger charge is 2.09. The first-order valence-electron chi connectivity index (χ1n) is 10.6. The van der Waals surface area contributed by atoms with Gasteiger partial charge in [-0.2, -0.15) is 0 Å². The molecule has 0 aliphatic rings. The molecule has 0 fully saturated rings. The molecular formula is C22H42N2O8. The van der Waals surface area contributed by atoms with E-state index >= 15 is 0 Å². The monoisotopic (exact) mass is 462 g/mol. The number of carbonyl (C=O) groups excluding carboxylic acids is 2. The van der Waals surface area contributed by atoms with Crippen LogP contribution in [0.5, 0.6) is 0 Å². The molecule has 0 amide bonds. The molecule has 0 rings (SSSR count). The zero-order valence-electron chi connectivity index (χ0n) is 20.0. The summed E-state index contributed by atoms with van der Waals surface area (Å²) in [6.07, 6.45) is -0.773. The molecule has 4 N–H and O–H groups in total. The van der Waals surface area contributed by atoms with Crippen molar-refractivity contribution in [3.8, 4) is 0 Å². The van der Waals surface area contributed by atoms with Crippen molar-refractivity contribution in [2.24, 2.45) is 5.92 Å². The molecule has 0 aliphatic heterocycles. The van der Waals surface area contributed by atoms with E-state index in [-0.39, 0.29) is 18.5 Å². The molecule has 0 aromatic carbocycles. The van der Waals surface area contributed by atoms with Crippen LogP contribution in [-0.2, 0) is 28.5 Å². The van der Waals surface area contributed by atoms with Gasteiger partial charge in [-0.05, 0) is 13.8 Å². The van der Waals surface area contributed by atoms with Crippen molar-refractivity contribution in [2.75, 3.05) is 72.9 Å². The van der Waals surface area contributed by atoms with Crippen LogP contribution in [0, 0.1) is 5.92 Å². The lowest BCUT2D eigenvalue weighted by atomic mass is 10.2. The Hall–Kier alpha value is -1.82. The van der Waals surface area contributed by atoms with Crippen LogP contribution in [0.2, 0.25) is 0 Å². The lowest BCUT2D eigenvalue weighted by Gasteiger charge is -2.13. The van der Waals surface area contributed by atoms with Gasteiger partial charge in [0.2, 0.25) is 0 Å². The Labute approximate surface area is 191 Å². The summed E-state index contributed by atoms with van der Waals surface area (Å²) in [4.78, 5) is 22.5. The number of esters is 2. The molecule has 0 spiro atoms. The number of carbonyl (C=O) groups is 2. The maximum atomic E-state index is 11.3. The molecule has 0 aliphatic carbocycles.